The molecule has 4 rings (SSSR count). The van der Waals surface area contributed by atoms with E-state index in [0.29, 0.717) is 22.4 Å². The number of benzene rings is 3. The maximum absolute atomic E-state index is 13.1. The van der Waals surface area contributed by atoms with Gasteiger partial charge in [-0.2, -0.15) is 0 Å². The van der Waals surface area contributed by atoms with Crippen molar-refractivity contribution in [1.29, 1.82) is 0 Å². The first-order valence-corrected chi connectivity index (χ1v) is 12.6. The predicted octanol–water partition coefficient (Wildman–Crippen LogP) is 6.81. The van der Waals surface area contributed by atoms with E-state index in [1.165, 1.54) is 29.5 Å². The second-order valence-electron chi connectivity index (χ2n) is 7.05. The summed E-state index contributed by atoms with van der Waals surface area (Å²) in [6.45, 7) is 2.55. The lowest BCUT2D eigenvalue weighted by Gasteiger charge is -2.12. The Labute approximate surface area is 217 Å². The third-order valence-electron chi connectivity index (χ3n) is 4.53. The second-order valence-corrected chi connectivity index (χ2v) is 10.4. The Balaban J connectivity index is 1.49. The highest BCUT2D eigenvalue weighted by Crippen LogP contribution is 2.33. The number of hydrogen-bond acceptors (Lipinski definition) is 4. The van der Waals surface area contributed by atoms with Gasteiger partial charge in [0.2, 0.25) is 0 Å². The van der Waals surface area contributed by atoms with Crippen molar-refractivity contribution in [2.45, 2.75) is 13.5 Å². The Morgan fingerprint density at radius 3 is 2.38 bits per heavy atom. The number of hydrogen-bond donors (Lipinski definition) is 1. The molecular formula is C24H17FI2N2O2S. The van der Waals surface area contributed by atoms with Crippen LogP contribution in [0.5, 0.6) is 5.75 Å². The molecule has 32 heavy (non-hydrogen) atoms. The zero-order valence-corrected chi connectivity index (χ0v) is 22.0. The van der Waals surface area contributed by atoms with Crippen LogP contribution in [-0.2, 0) is 11.4 Å². The van der Waals surface area contributed by atoms with Gasteiger partial charge in [0.05, 0.1) is 17.7 Å². The van der Waals surface area contributed by atoms with E-state index in [-0.39, 0.29) is 11.7 Å². The molecule has 0 unspecified atom stereocenters. The van der Waals surface area contributed by atoms with Crippen LogP contribution in [0.3, 0.4) is 0 Å². The third-order valence-corrected chi connectivity index (χ3v) is 7.04. The summed E-state index contributed by atoms with van der Waals surface area (Å²) in [5.41, 5.74) is 3.81. The van der Waals surface area contributed by atoms with E-state index in [0.717, 1.165) is 24.0 Å². The quantitative estimate of drug-likeness (QED) is 0.240. The van der Waals surface area contributed by atoms with Crippen LogP contribution >= 0.6 is 56.9 Å². The molecule has 1 aliphatic heterocycles. The lowest BCUT2D eigenvalue weighted by atomic mass is 10.1. The van der Waals surface area contributed by atoms with Crippen molar-refractivity contribution in [3.63, 3.8) is 0 Å². The van der Waals surface area contributed by atoms with Gasteiger partial charge in [0.1, 0.15) is 18.2 Å². The van der Waals surface area contributed by atoms with Crippen LogP contribution in [-0.4, -0.2) is 11.1 Å². The number of aryl methyl sites for hydroxylation is 1. The van der Waals surface area contributed by atoms with E-state index in [2.05, 4.69) is 86.7 Å². The topological polar surface area (TPSA) is 50.7 Å². The highest BCUT2D eigenvalue weighted by atomic mass is 127. The number of nitrogens with one attached hydrogen (secondary N) is 1. The number of ether oxygens (including phenoxy) is 1. The molecule has 4 nitrogen and oxygen atoms in total. The van der Waals surface area contributed by atoms with Crippen molar-refractivity contribution in [1.82, 2.24) is 5.32 Å². The van der Waals surface area contributed by atoms with Crippen molar-refractivity contribution in [3.8, 4) is 5.75 Å². The minimum atomic E-state index is -0.326. The molecule has 0 radical (unpaired) electrons. The smallest absolute Gasteiger partial charge is 0.264 e. The molecule has 3 aromatic carbocycles. The summed E-state index contributed by atoms with van der Waals surface area (Å²) in [5.74, 6) is 0.296. The summed E-state index contributed by atoms with van der Waals surface area (Å²) in [7, 11) is 0. The Morgan fingerprint density at radius 2 is 1.72 bits per heavy atom. The molecule has 1 aliphatic rings. The summed E-state index contributed by atoms with van der Waals surface area (Å²) in [5, 5.41) is 3.22. The minimum absolute atomic E-state index is 0.208. The van der Waals surface area contributed by atoms with Gasteiger partial charge in [-0.25, -0.2) is 9.38 Å². The summed E-state index contributed by atoms with van der Waals surface area (Å²) in [4.78, 5) is 17.3. The molecule has 162 valence electrons. The molecule has 1 amide bonds. The molecule has 0 spiro atoms. The van der Waals surface area contributed by atoms with Gasteiger partial charge < -0.3 is 10.1 Å². The monoisotopic (exact) mass is 670 g/mol. The van der Waals surface area contributed by atoms with Gasteiger partial charge in [0, 0.05) is 0 Å². The number of carbonyl (C=O) groups excluding carboxylic acids is 1. The number of amidine groups is 1. The van der Waals surface area contributed by atoms with Gasteiger partial charge in [0.25, 0.3) is 5.91 Å². The summed E-state index contributed by atoms with van der Waals surface area (Å²) >= 11 is 5.76. The second kappa shape index (κ2) is 10.3. The fraction of sp³-hybridized carbons (Fsp3) is 0.0833. The first-order chi connectivity index (χ1) is 15.4. The average molecular weight is 670 g/mol. The average Bonchev–Trinajstić information content (AvgIpc) is 3.09. The number of thioether (sulfide) groups is 1. The molecule has 0 bridgehead atoms. The van der Waals surface area contributed by atoms with Crippen LogP contribution in [0.4, 0.5) is 10.1 Å². The van der Waals surface area contributed by atoms with Crippen molar-refractivity contribution in [3.05, 3.63) is 95.2 Å². The van der Waals surface area contributed by atoms with Crippen LogP contribution in [0.1, 0.15) is 16.7 Å². The van der Waals surface area contributed by atoms with E-state index in [4.69, 9.17) is 4.74 Å². The first-order valence-electron chi connectivity index (χ1n) is 9.60. The first kappa shape index (κ1) is 23.2. The third kappa shape index (κ3) is 5.90. The van der Waals surface area contributed by atoms with Crippen LogP contribution < -0.4 is 10.1 Å². The number of aliphatic imine (C=N–C) groups is 1. The Bertz CT molecular complexity index is 1200. The van der Waals surface area contributed by atoms with E-state index in [9.17, 15) is 9.18 Å². The molecule has 8 heteroatoms. The number of carbonyl (C=O) groups is 1. The summed E-state index contributed by atoms with van der Waals surface area (Å²) in [6, 6.07) is 18.1. The minimum Gasteiger partial charge on any atom is -0.487 e. The standard InChI is InChI=1S/C24H17FI2N2O2S/c1-14-2-4-15(5-3-14)13-31-22-19(26)10-16(11-20(22)27)12-21-23(30)29-24(32-21)28-18-8-6-17(25)7-9-18/h2-12H,13H2,1H3,(H,28,29,30)/b21-12+. The number of amides is 1. The highest BCUT2D eigenvalue weighted by molar-refractivity contribution is 14.1. The molecule has 0 saturated carbocycles. The summed E-state index contributed by atoms with van der Waals surface area (Å²) in [6.07, 6.45) is 1.83. The van der Waals surface area contributed by atoms with Gasteiger partial charge in [-0.3, -0.25) is 4.79 Å². The fourth-order valence-corrected chi connectivity index (χ4v) is 5.87. The number of nitrogens with zero attached hydrogens (tertiary/aromatic N) is 1. The molecule has 3 aromatic rings. The fourth-order valence-electron chi connectivity index (χ4n) is 2.91. The zero-order chi connectivity index (χ0) is 22.7. The van der Waals surface area contributed by atoms with E-state index in [1.807, 2.05) is 18.2 Å². The van der Waals surface area contributed by atoms with Gasteiger partial charge in [-0.1, -0.05) is 29.8 Å². The Hall–Kier alpha value is -1.92. The normalized spacial score (nSPS) is 15.9. The predicted molar refractivity (Wildman–Crippen MR) is 145 cm³/mol. The molecule has 1 saturated heterocycles. The van der Waals surface area contributed by atoms with E-state index < -0.39 is 0 Å². The van der Waals surface area contributed by atoms with Gasteiger partial charge >= 0.3 is 0 Å². The maximum Gasteiger partial charge on any atom is 0.264 e. The molecule has 0 atom stereocenters. The van der Waals surface area contributed by atoms with Crippen LogP contribution in [0, 0.1) is 19.9 Å². The lowest BCUT2D eigenvalue weighted by molar-refractivity contribution is -0.115. The van der Waals surface area contributed by atoms with Crippen molar-refractivity contribution >= 4 is 79.8 Å². The van der Waals surface area contributed by atoms with E-state index in [1.54, 1.807) is 12.1 Å². The summed E-state index contributed by atoms with van der Waals surface area (Å²) < 4.78 is 21.1. The van der Waals surface area contributed by atoms with Crippen LogP contribution in [0.2, 0.25) is 0 Å². The Morgan fingerprint density at radius 1 is 1.06 bits per heavy atom. The van der Waals surface area contributed by atoms with Crippen molar-refractivity contribution in [2.24, 2.45) is 4.99 Å². The van der Waals surface area contributed by atoms with Gasteiger partial charge in [-0.15, -0.1) is 0 Å². The van der Waals surface area contributed by atoms with Crippen molar-refractivity contribution in [2.75, 3.05) is 0 Å². The Kier molecular flexibility index (Phi) is 7.51. The zero-order valence-electron chi connectivity index (χ0n) is 16.9. The maximum atomic E-state index is 13.1. The van der Waals surface area contributed by atoms with Crippen molar-refractivity contribution < 1.29 is 13.9 Å². The molecule has 1 N–H and O–H groups in total. The number of rotatable bonds is 5. The van der Waals surface area contributed by atoms with Crippen LogP contribution in [0.25, 0.3) is 6.08 Å². The van der Waals surface area contributed by atoms with E-state index >= 15 is 0 Å². The molecule has 1 heterocycles. The highest BCUT2D eigenvalue weighted by Gasteiger charge is 2.24. The van der Waals surface area contributed by atoms with Gasteiger partial charge in [0.15, 0.2) is 5.17 Å². The molecule has 1 fully saturated rings. The SMILES string of the molecule is Cc1ccc(COc2c(I)cc(/C=C3/SC(=Nc4ccc(F)cc4)NC3=O)cc2I)cc1. The van der Waals surface area contributed by atoms with Crippen LogP contribution in [0.15, 0.2) is 70.6 Å². The molecule has 0 aromatic heterocycles. The largest absolute Gasteiger partial charge is 0.487 e. The lowest BCUT2D eigenvalue weighted by Crippen LogP contribution is -2.19. The molecular weight excluding hydrogens is 653 g/mol. The van der Waals surface area contributed by atoms with Gasteiger partial charge in [-0.05, 0) is 117 Å². The number of halogens is 3. The molecule has 0 aliphatic carbocycles.